The van der Waals surface area contributed by atoms with Crippen molar-refractivity contribution in [2.24, 2.45) is 5.92 Å². The van der Waals surface area contributed by atoms with Gasteiger partial charge in [-0.25, -0.2) is 0 Å². The smallest absolute Gasteiger partial charge is 0.225 e. The van der Waals surface area contributed by atoms with Crippen LogP contribution in [-0.2, 0) is 9.53 Å². The monoisotopic (exact) mass is 263 g/mol. The van der Waals surface area contributed by atoms with E-state index in [1.54, 1.807) is 0 Å². The first-order valence-electron chi connectivity index (χ1n) is 6.82. The Bertz CT molecular complexity index is 388. The zero-order valence-electron chi connectivity index (χ0n) is 11.0. The highest BCUT2D eigenvalue weighted by Gasteiger charge is 2.24. The van der Waals surface area contributed by atoms with Gasteiger partial charge < -0.3 is 15.2 Å². The van der Waals surface area contributed by atoms with E-state index in [2.05, 4.69) is 5.32 Å². The number of ether oxygens (including phenoxy) is 1. The molecule has 19 heavy (non-hydrogen) atoms. The Kier molecular flexibility index (Phi) is 5.36. The van der Waals surface area contributed by atoms with Gasteiger partial charge in [0.1, 0.15) is 0 Å². The Labute approximate surface area is 113 Å². The summed E-state index contributed by atoms with van der Waals surface area (Å²) in [6.07, 6.45) is 1.47. The summed E-state index contributed by atoms with van der Waals surface area (Å²) in [5.41, 5.74) is 1.15. The van der Waals surface area contributed by atoms with E-state index in [1.807, 2.05) is 30.3 Å². The average Bonchev–Trinajstić information content (AvgIpc) is 2.98. The van der Waals surface area contributed by atoms with E-state index in [4.69, 9.17) is 9.84 Å². The van der Waals surface area contributed by atoms with Gasteiger partial charge in [-0.3, -0.25) is 4.79 Å². The molecular weight excluding hydrogens is 242 g/mol. The predicted molar refractivity (Wildman–Crippen MR) is 72.8 cm³/mol. The highest BCUT2D eigenvalue weighted by atomic mass is 16.5. The highest BCUT2D eigenvalue weighted by Crippen LogP contribution is 2.19. The SMILES string of the molecule is O=C(NCC(CCO)c1ccccc1)C1CCOC1. The summed E-state index contributed by atoms with van der Waals surface area (Å²) >= 11 is 0. The number of amides is 1. The predicted octanol–water partition coefficient (Wildman–Crippen LogP) is 1.31. The Morgan fingerprint density at radius 1 is 1.42 bits per heavy atom. The summed E-state index contributed by atoms with van der Waals surface area (Å²) < 4.78 is 5.22. The first-order valence-corrected chi connectivity index (χ1v) is 6.82. The molecule has 4 heteroatoms. The lowest BCUT2D eigenvalue weighted by molar-refractivity contribution is -0.125. The maximum atomic E-state index is 11.9. The van der Waals surface area contributed by atoms with Gasteiger partial charge in [0.15, 0.2) is 0 Å². The van der Waals surface area contributed by atoms with Gasteiger partial charge in [0.2, 0.25) is 5.91 Å². The summed E-state index contributed by atoms with van der Waals surface area (Å²) in [4.78, 5) is 11.9. The molecule has 1 aliphatic heterocycles. The second-order valence-electron chi connectivity index (χ2n) is 4.93. The van der Waals surface area contributed by atoms with Gasteiger partial charge in [-0.15, -0.1) is 0 Å². The number of carbonyl (C=O) groups excluding carboxylic acids is 1. The van der Waals surface area contributed by atoms with Crippen molar-refractivity contribution in [3.63, 3.8) is 0 Å². The fourth-order valence-corrected chi connectivity index (χ4v) is 2.38. The van der Waals surface area contributed by atoms with Gasteiger partial charge in [-0.2, -0.15) is 0 Å². The number of nitrogens with one attached hydrogen (secondary N) is 1. The van der Waals surface area contributed by atoms with Crippen molar-refractivity contribution >= 4 is 5.91 Å². The van der Waals surface area contributed by atoms with Crippen molar-refractivity contribution in [3.05, 3.63) is 35.9 Å². The number of hydrogen-bond acceptors (Lipinski definition) is 3. The van der Waals surface area contributed by atoms with Crippen LogP contribution >= 0.6 is 0 Å². The number of aliphatic hydroxyl groups excluding tert-OH is 1. The van der Waals surface area contributed by atoms with Crippen LogP contribution in [0, 0.1) is 5.92 Å². The van der Waals surface area contributed by atoms with Gasteiger partial charge in [0.25, 0.3) is 0 Å². The van der Waals surface area contributed by atoms with Crippen LogP contribution in [0.2, 0.25) is 0 Å². The minimum absolute atomic E-state index is 0.00875. The second kappa shape index (κ2) is 7.26. The number of hydrogen-bond donors (Lipinski definition) is 2. The summed E-state index contributed by atoms with van der Waals surface area (Å²) in [5, 5.41) is 12.1. The molecule has 104 valence electrons. The summed E-state index contributed by atoms with van der Waals surface area (Å²) in [5.74, 6) is 0.222. The molecule has 4 nitrogen and oxygen atoms in total. The molecule has 1 saturated heterocycles. The zero-order chi connectivity index (χ0) is 13.5. The molecule has 1 aromatic rings. The molecule has 2 rings (SSSR count). The molecule has 1 fully saturated rings. The van der Waals surface area contributed by atoms with Crippen LogP contribution in [0.1, 0.15) is 24.3 Å². The second-order valence-corrected chi connectivity index (χ2v) is 4.93. The fourth-order valence-electron chi connectivity index (χ4n) is 2.38. The minimum Gasteiger partial charge on any atom is -0.396 e. The normalized spacial score (nSPS) is 20.2. The maximum absolute atomic E-state index is 11.9. The molecule has 0 aromatic heterocycles. The van der Waals surface area contributed by atoms with Crippen LogP contribution in [-0.4, -0.2) is 37.4 Å². The lowest BCUT2D eigenvalue weighted by Crippen LogP contribution is -2.34. The topological polar surface area (TPSA) is 58.6 Å². The van der Waals surface area contributed by atoms with Crippen LogP contribution in [0.3, 0.4) is 0 Å². The molecule has 2 unspecified atom stereocenters. The van der Waals surface area contributed by atoms with Gasteiger partial charge in [0, 0.05) is 25.7 Å². The standard InChI is InChI=1S/C15H21NO3/c17-8-6-13(12-4-2-1-3-5-12)10-16-15(18)14-7-9-19-11-14/h1-5,13-14,17H,6-11H2,(H,16,18). The third-order valence-electron chi connectivity index (χ3n) is 3.57. The van der Waals surface area contributed by atoms with Crippen molar-refractivity contribution < 1.29 is 14.6 Å². The van der Waals surface area contributed by atoms with Crippen LogP contribution < -0.4 is 5.32 Å². The molecule has 0 spiro atoms. The van der Waals surface area contributed by atoms with E-state index in [0.717, 1.165) is 12.0 Å². The molecule has 0 saturated carbocycles. The molecule has 0 radical (unpaired) electrons. The van der Waals surface area contributed by atoms with Crippen molar-refractivity contribution in [2.45, 2.75) is 18.8 Å². The molecular formula is C15H21NO3. The molecule has 0 bridgehead atoms. The van der Waals surface area contributed by atoms with Crippen LogP contribution in [0.5, 0.6) is 0 Å². The average molecular weight is 263 g/mol. The Balaban J connectivity index is 1.88. The number of aliphatic hydroxyl groups is 1. The Hall–Kier alpha value is -1.39. The molecule has 1 aliphatic rings. The van der Waals surface area contributed by atoms with Gasteiger partial charge in [-0.1, -0.05) is 30.3 Å². The van der Waals surface area contributed by atoms with E-state index >= 15 is 0 Å². The largest absolute Gasteiger partial charge is 0.396 e. The first-order chi connectivity index (χ1) is 9.31. The summed E-state index contributed by atoms with van der Waals surface area (Å²) in [6, 6.07) is 9.99. The van der Waals surface area contributed by atoms with E-state index < -0.39 is 0 Å². The molecule has 2 atom stereocenters. The lowest BCUT2D eigenvalue weighted by atomic mass is 9.95. The van der Waals surface area contributed by atoms with E-state index in [0.29, 0.717) is 26.2 Å². The maximum Gasteiger partial charge on any atom is 0.225 e. The van der Waals surface area contributed by atoms with E-state index in [1.165, 1.54) is 0 Å². The van der Waals surface area contributed by atoms with Gasteiger partial charge >= 0.3 is 0 Å². The summed E-state index contributed by atoms with van der Waals surface area (Å²) in [6.45, 7) is 1.90. The van der Waals surface area contributed by atoms with Crippen LogP contribution in [0.15, 0.2) is 30.3 Å². The van der Waals surface area contributed by atoms with E-state index in [9.17, 15) is 4.79 Å². The van der Waals surface area contributed by atoms with Crippen LogP contribution in [0.25, 0.3) is 0 Å². The third-order valence-corrected chi connectivity index (χ3v) is 3.57. The summed E-state index contributed by atoms with van der Waals surface area (Å²) in [7, 11) is 0. The van der Waals surface area contributed by atoms with Crippen molar-refractivity contribution in [1.29, 1.82) is 0 Å². The zero-order valence-corrected chi connectivity index (χ0v) is 11.0. The van der Waals surface area contributed by atoms with Crippen molar-refractivity contribution in [2.75, 3.05) is 26.4 Å². The first kappa shape index (κ1) is 14.0. The Morgan fingerprint density at radius 3 is 2.84 bits per heavy atom. The number of benzene rings is 1. The Morgan fingerprint density at radius 2 is 2.21 bits per heavy atom. The van der Waals surface area contributed by atoms with Gasteiger partial charge in [-0.05, 0) is 18.4 Å². The quantitative estimate of drug-likeness (QED) is 0.813. The van der Waals surface area contributed by atoms with Crippen LogP contribution in [0.4, 0.5) is 0 Å². The van der Waals surface area contributed by atoms with E-state index in [-0.39, 0.29) is 24.3 Å². The van der Waals surface area contributed by atoms with Gasteiger partial charge in [0.05, 0.1) is 12.5 Å². The van der Waals surface area contributed by atoms with Crippen molar-refractivity contribution in [3.8, 4) is 0 Å². The molecule has 1 aromatic carbocycles. The molecule has 1 amide bonds. The number of carbonyl (C=O) groups is 1. The highest BCUT2D eigenvalue weighted by molar-refractivity contribution is 5.79. The molecule has 2 N–H and O–H groups in total. The minimum atomic E-state index is -0.00875. The third kappa shape index (κ3) is 4.04. The fraction of sp³-hybridized carbons (Fsp3) is 0.533. The van der Waals surface area contributed by atoms with Crippen molar-refractivity contribution in [1.82, 2.24) is 5.32 Å². The molecule has 1 heterocycles. The molecule has 0 aliphatic carbocycles. The number of rotatable bonds is 6. The lowest BCUT2D eigenvalue weighted by Gasteiger charge is -2.18.